The van der Waals surface area contributed by atoms with Crippen molar-refractivity contribution < 1.29 is 18.0 Å². The van der Waals surface area contributed by atoms with Gasteiger partial charge in [0.05, 0.1) is 6.04 Å². The molecule has 1 aliphatic heterocycles. The average molecular weight is 352 g/mol. The number of carbonyl (C=O) groups is 2. The number of nitrogens with one attached hydrogen (secondary N) is 2. The highest BCUT2D eigenvalue weighted by Crippen LogP contribution is 2.16. The molecule has 0 spiro atoms. The van der Waals surface area contributed by atoms with Gasteiger partial charge >= 0.3 is 0 Å². The van der Waals surface area contributed by atoms with Crippen LogP contribution in [0, 0.1) is 0 Å². The van der Waals surface area contributed by atoms with Crippen molar-refractivity contribution in [2.45, 2.75) is 6.04 Å². The molecule has 1 aromatic rings. The minimum atomic E-state index is -3.43. The van der Waals surface area contributed by atoms with Crippen molar-refractivity contribution in [1.29, 1.82) is 0 Å². The number of carbonyl (C=O) groups excluding carboxylic acids is 2. The van der Waals surface area contributed by atoms with Gasteiger partial charge in [0.15, 0.2) is 0 Å². The van der Waals surface area contributed by atoms with Crippen LogP contribution in [-0.2, 0) is 15.0 Å². The molecule has 2 N–H and O–H groups in total. The highest BCUT2D eigenvalue weighted by molar-refractivity contribution is 7.86. The molecule has 2 rings (SSSR count). The summed E-state index contributed by atoms with van der Waals surface area (Å²) in [6, 6.07) is 6.18. The number of anilines is 1. The summed E-state index contributed by atoms with van der Waals surface area (Å²) in [7, 11) is -0.494. The summed E-state index contributed by atoms with van der Waals surface area (Å²) < 4.78 is 26.2. The van der Waals surface area contributed by atoms with Crippen molar-refractivity contribution in [2.75, 3.05) is 32.5 Å². The first-order valence-corrected chi connectivity index (χ1v) is 8.65. The fraction of sp³-hybridized carbons (Fsp3) is 0.333. The van der Waals surface area contributed by atoms with Gasteiger partial charge < -0.3 is 10.6 Å². The van der Waals surface area contributed by atoms with Crippen LogP contribution < -0.4 is 10.6 Å². The monoisotopic (exact) mass is 352 g/mol. The highest BCUT2D eigenvalue weighted by Gasteiger charge is 2.37. The van der Waals surface area contributed by atoms with Crippen molar-refractivity contribution >= 4 is 27.7 Å². The van der Waals surface area contributed by atoms with Crippen molar-refractivity contribution in [3.63, 3.8) is 0 Å². The topological polar surface area (TPSA) is 98.8 Å². The van der Waals surface area contributed by atoms with Crippen LogP contribution in [-0.4, -0.2) is 62.1 Å². The molecule has 0 aromatic heterocycles. The molecule has 0 bridgehead atoms. The van der Waals surface area contributed by atoms with Gasteiger partial charge in [0.1, 0.15) is 0 Å². The van der Waals surface area contributed by atoms with Gasteiger partial charge in [-0.05, 0) is 30.3 Å². The normalized spacial score (nSPS) is 15.6. The molecule has 130 valence electrons. The first-order valence-electron chi connectivity index (χ1n) is 7.26. The molecule has 1 aliphatic rings. The SMILES string of the molecule is C=CC(=O)Nc1ccc(C(=O)NC2CN(S(=O)(=O)N(C)C)C2)cc1. The smallest absolute Gasteiger partial charge is 0.281 e. The fourth-order valence-electron chi connectivity index (χ4n) is 2.12. The lowest BCUT2D eigenvalue weighted by Gasteiger charge is -2.39. The van der Waals surface area contributed by atoms with Crippen LogP contribution in [0.15, 0.2) is 36.9 Å². The Kier molecular flexibility index (Phi) is 5.37. The van der Waals surface area contributed by atoms with E-state index < -0.39 is 10.2 Å². The Bertz CT molecular complexity index is 737. The van der Waals surface area contributed by atoms with Gasteiger partial charge in [-0.25, -0.2) is 0 Å². The third kappa shape index (κ3) is 3.99. The Balaban J connectivity index is 1.88. The van der Waals surface area contributed by atoms with Crippen LogP contribution in [0.4, 0.5) is 5.69 Å². The van der Waals surface area contributed by atoms with E-state index in [0.717, 1.165) is 10.4 Å². The van der Waals surface area contributed by atoms with E-state index in [0.29, 0.717) is 11.3 Å². The van der Waals surface area contributed by atoms with E-state index in [-0.39, 0.29) is 30.9 Å². The predicted molar refractivity (Wildman–Crippen MR) is 90.7 cm³/mol. The third-order valence-electron chi connectivity index (χ3n) is 3.57. The van der Waals surface area contributed by atoms with Crippen LogP contribution in [0.25, 0.3) is 0 Å². The summed E-state index contributed by atoms with van der Waals surface area (Å²) in [5, 5.41) is 5.37. The number of amides is 2. The lowest BCUT2D eigenvalue weighted by molar-refractivity contribution is -0.111. The summed E-state index contributed by atoms with van der Waals surface area (Å²) in [6.07, 6.45) is 1.16. The number of rotatable bonds is 6. The van der Waals surface area contributed by atoms with Crippen LogP contribution in [0.3, 0.4) is 0 Å². The van der Waals surface area contributed by atoms with E-state index in [1.54, 1.807) is 24.3 Å². The molecule has 8 nitrogen and oxygen atoms in total. The average Bonchev–Trinajstić information content (AvgIpc) is 2.50. The minimum Gasteiger partial charge on any atom is -0.347 e. The first-order chi connectivity index (χ1) is 11.2. The van der Waals surface area contributed by atoms with E-state index in [1.807, 2.05) is 0 Å². The predicted octanol–water partition coefficient (Wildman–Crippen LogP) is 0.0315. The van der Waals surface area contributed by atoms with E-state index in [9.17, 15) is 18.0 Å². The Morgan fingerprint density at radius 1 is 1.25 bits per heavy atom. The molecule has 9 heteroatoms. The molecule has 0 atom stereocenters. The van der Waals surface area contributed by atoms with Crippen LogP contribution >= 0.6 is 0 Å². The lowest BCUT2D eigenvalue weighted by Crippen LogP contribution is -2.62. The molecule has 1 heterocycles. The third-order valence-corrected chi connectivity index (χ3v) is 5.44. The second-order valence-corrected chi connectivity index (χ2v) is 7.69. The van der Waals surface area contributed by atoms with Gasteiger partial charge in [0.2, 0.25) is 5.91 Å². The molecule has 0 saturated carbocycles. The number of benzene rings is 1. The zero-order valence-corrected chi connectivity index (χ0v) is 14.3. The quantitative estimate of drug-likeness (QED) is 0.706. The van der Waals surface area contributed by atoms with Gasteiger partial charge in [-0.15, -0.1) is 0 Å². The maximum atomic E-state index is 12.1. The van der Waals surface area contributed by atoms with Crippen molar-refractivity contribution in [3.05, 3.63) is 42.5 Å². The van der Waals surface area contributed by atoms with E-state index in [2.05, 4.69) is 17.2 Å². The van der Waals surface area contributed by atoms with E-state index >= 15 is 0 Å². The van der Waals surface area contributed by atoms with Crippen molar-refractivity contribution in [2.24, 2.45) is 0 Å². The van der Waals surface area contributed by atoms with Gasteiger partial charge in [-0.2, -0.15) is 17.0 Å². The van der Waals surface area contributed by atoms with Crippen molar-refractivity contribution in [1.82, 2.24) is 13.9 Å². The van der Waals surface area contributed by atoms with Crippen LogP contribution in [0.1, 0.15) is 10.4 Å². The van der Waals surface area contributed by atoms with E-state index in [1.165, 1.54) is 18.4 Å². The maximum absolute atomic E-state index is 12.1. The summed E-state index contributed by atoms with van der Waals surface area (Å²) in [5.41, 5.74) is 0.990. The Morgan fingerprint density at radius 2 is 1.83 bits per heavy atom. The zero-order chi connectivity index (χ0) is 17.9. The summed E-state index contributed by atoms with van der Waals surface area (Å²) in [6.45, 7) is 3.86. The maximum Gasteiger partial charge on any atom is 0.281 e. The number of nitrogens with zero attached hydrogens (tertiary/aromatic N) is 2. The van der Waals surface area contributed by atoms with Gasteiger partial charge in [0.25, 0.3) is 16.1 Å². The molecule has 0 unspecified atom stereocenters. The summed E-state index contributed by atoms with van der Waals surface area (Å²) in [4.78, 5) is 23.3. The Hall–Kier alpha value is -2.23. The molecule has 0 aliphatic carbocycles. The molecule has 1 saturated heterocycles. The Morgan fingerprint density at radius 3 is 2.33 bits per heavy atom. The molecule has 1 fully saturated rings. The largest absolute Gasteiger partial charge is 0.347 e. The van der Waals surface area contributed by atoms with Gasteiger partial charge in [-0.3, -0.25) is 9.59 Å². The Labute approximate surface area is 141 Å². The second-order valence-electron chi connectivity index (χ2n) is 5.55. The van der Waals surface area contributed by atoms with E-state index in [4.69, 9.17) is 0 Å². The molecule has 1 aromatic carbocycles. The number of hydrogen-bond acceptors (Lipinski definition) is 4. The molecule has 2 amide bonds. The summed E-state index contributed by atoms with van der Waals surface area (Å²) >= 11 is 0. The fourth-order valence-corrected chi connectivity index (χ4v) is 3.31. The highest BCUT2D eigenvalue weighted by atomic mass is 32.2. The second kappa shape index (κ2) is 7.12. The molecule has 0 radical (unpaired) electrons. The molecule has 24 heavy (non-hydrogen) atoms. The first kappa shape index (κ1) is 18.1. The van der Waals surface area contributed by atoms with Crippen LogP contribution in [0.2, 0.25) is 0 Å². The minimum absolute atomic E-state index is 0.215. The molecular weight excluding hydrogens is 332 g/mol. The lowest BCUT2D eigenvalue weighted by atomic mass is 10.1. The zero-order valence-electron chi connectivity index (χ0n) is 13.5. The van der Waals surface area contributed by atoms with Gasteiger partial charge in [0, 0.05) is 38.4 Å². The van der Waals surface area contributed by atoms with Crippen LogP contribution in [0.5, 0.6) is 0 Å². The number of hydrogen-bond donors (Lipinski definition) is 2. The molecular formula is C15H20N4O4S. The standard InChI is InChI=1S/C15H20N4O4S/c1-4-14(20)16-12-7-5-11(6-8-12)15(21)17-13-9-19(10-13)24(22,23)18(2)3/h4-8,13H,1,9-10H2,2-3H3,(H,16,20)(H,17,21). The summed E-state index contributed by atoms with van der Waals surface area (Å²) in [5.74, 6) is -0.618. The van der Waals surface area contributed by atoms with Crippen molar-refractivity contribution in [3.8, 4) is 0 Å². The van der Waals surface area contributed by atoms with Gasteiger partial charge in [-0.1, -0.05) is 6.58 Å².